The Morgan fingerprint density at radius 2 is 1.93 bits per heavy atom. The van der Waals surface area contributed by atoms with Crippen molar-refractivity contribution in [1.29, 1.82) is 5.26 Å². The van der Waals surface area contributed by atoms with Gasteiger partial charge in [0, 0.05) is 17.7 Å². The minimum atomic E-state index is -0.521. The first-order chi connectivity index (χ1) is 14.0. The highest BCUT2D eigenvalue weighted by Crippen LogP contribution is 2.36. The van der Waals surface area contributed by atoms with Gasteiger partial charge in [0.25, 0.3) is 11.2 Å². The summed E-state index contributed by atoms with van der Waals surface area (Å²) >= 11 is 1.25. The quantitative estimate of drug-likeness (QED) is 0.281. The molecule has 0 fully saturated rings. The third kappa shape index (κ3) is 4.20. The Balaban J connectivity index is 2.00. The number of hydrogen-bond acceptors (Lipinski definition) is 8. The number of thioether (sulfide) groups is 1. The molecule has 10 heteroatoms. The van der Waals surface area contributed by atoms with E-state index in [-0.39, 0.29) is 16.9 Å². The molecule has 146 valence electrons. The van der Waals surface area contributed by atoms with Gasteiger partial charge in [0.2, 0.25) is 0 Å². The Kier molecular flexibility index (Phi) is 5.80. The van der Waals surface area contributed by atoms with E-state index in [0.717, 1.165) is 0 Å². The van der Waals surface area contributed by atoms with Gasteiger partial charge in [-0.3, -0.25) is 14.9 Å². The summed E-state index contributed by atoms with van der Waals surface area (Å²) in [6.45, 7) is 0. The molecule has 29 heavy (non-hydrogen) atoms. The lowest BCUT2D eigenvalue weighted by atomic mass is 10.1. The van der Waals surface area contributed by atoms with Crippen LogP contribution in [0.25, 0.3) is 11.3 Å². The number of hydrogen-bond donors (Lipinski definition) is 1. The Bertz CT molecular complexity index is 1170. The molecular weight excluding hydrogens is 396 g/mol. The number of nitro groups is 1. The minimum Gasteiger partial charge on any atom is -0.493 e. The molecule has 2 aromatic carbocycles. The van der Waals surface area contributed by atoms with Gasteiger partial charge < -0.3 is 14.5 Å². The second-order valence-corrected chi connectivity index (χ2v) is 6.42. The van der Waals surface area contributed by atoms with Crippen molar-refractivity contribution in [3.63, 3.8) is 0 Å². The molecular formula is C19H14N4O5S. The summed E-state index contributed by atoms with van der Waals surface area (Å²) in [5.41, 5.74) is 0.0752. The molecule has 3 aromatic rings. The van der Waals surface area contributed by atoms with Crippen molar-refractivity contribution in [3.8, 4) is 34.6 Å². The summed E-state index contributed by atoms with van der Waals surface area (Å²) in [5.74, 6) is 1.09. The van der Waals surface area contributed by atoms with Gasteiger partial charge in [-0.2, -0.15) is 5.26 Å². The molecule has 0 amide bonds. The number of nitriles is 1. The molecule has 0 atom stereocenters. The van der Waals surface area contributed by atoms with Crippen LogP contribution in [0.15, 0.2) is 52.4 Å². The van der Waals surface area contributed by atoms with Crippen LogP contribution in [0.5, 0.6) is 17.2 Å². The summed E-state index contributed by atoms with van der Waals surface area (Å²) in [7, 11) is 1.45. The smallest absolute Gasteiger partial charge is 0.270 e. The monoisotopic (exact) mass is 410 g/mol. The van der Waals surface area contributed by atoms with Crippen molar-refractivity contribution in [2.75, 3.05) is 13.4 Å². The molecule has 0 radical (unpaired) electrons. The Hall–Kier alpha value is -3.84. The van der Waals surface area contributed by atoms with Gasteiger partial charge in [-0.25, -0.2) is 4.98 Å². The van der Waals surface area contributed by atoms with Crippen molar-refractivity contribution < 1.29 is 14.4 Å². The first kappa shape index (κ1) is 19.9. The van der Waals surface area contributed by atoms with Crippen LogP contribution in [-0.4, -0.2) is 28.3 Å². The molecule has 0 spiro atoms. The second kappa shape index (κ2) is 8.45. The third-order valence-corrected chi connectivity index (χ3v) is 4.50. The number of nitrogens with zero attached hydrogens (tertiary/aromatic N) is 3. The fourth-order valence-electron chi connectivity index (χ4n) is 2.52. The minimum absolute atomic E-state index is 0.0475. The zero-order chi connectivity index (χ0) is 21.0. The second-order valence-electron chi connectivity index (χ2n) is 5.63. The molecule has 0 unspecified atom stereocenters. The molecule has 3 rings (SSSR count). The van der Waals surface area contributed by atoms with E-state index in [4.69, 9.17) is 9.47 Å². The molecule has 9 nitrogen and oxygen atoms in total. The van der Waals surface area contributed by atoms with Crippen LogP contribution >= 0.6 is 11.8 Å². The number of aromatic amines is 1. The van der Waals surface area contributed by atoms with Crippen LogP contribution in [0, 0.1) is 21.4 Å². The number of H-pyrrole nitrogens is 1. The van der Waals surface area contributed by atoms with Gasteiger partial charge >= 0.3 is 0 Å². The van der Waals surface area contributed by atoms with Crippen molar-refractivity contribution in [2.24, 2.45) is 0 Å². The van der Waals surface area contributed by atoms with Crippen LogP contribution in [0.2, 0.25) is 0 Å². The molecule has 0 saturated carbocycles. The number of ether oxygens (including phenoxy) is 2. The highest BCUT2D eigenvalue weighted by atomic mass is 32.2. The van der Waals surface area contributed by atoms with Gasteiger partial charge in [0.15, 0.2) is 16.7 Å². The van der Waals surface area contributed by atoms with Crippen molar-refractivity contribution in [3.05, 3.63) is 68.5 Å². The number of non-ortho nitro benzene ring substituents is 1. The van der Waals surface area contributed by atoms with E-state index in [1.807, 2.05) is 6.07 Å². The highest BCUT2D eigenvalue weighted by Gasteiger charge is 2.16. The average Bonchev–Trinajstić information content (AvgIpc) is 2.73. The summed E-state index contributed by atoms with van der Waals surface area (Å²) in [5, 5.41) is 20.5. The van der Waals surface area contributed by atoms with Crippen molar-refractivity contribution >= 4 is 17.4 Å². The van der Waals surface area contributed by atoms with Gasteiger partial charge in [-0.1, -0.05) is 11.8 Å². The molecule has 1 aromatic heterocycles. The van der Waals surface area contributed by atoms with Crippen molar-refractivity contribution in [1.82, 2.24) is 9.97 Å². The SMILES string of the molecule is COc1cc(-c2nc(SC)[nH]c(=O)c2C#N)ccc1Oc1ccc([N+](=O)[O-])cc1. The summed E-state index contributed by atoms with van der Waals surface area (Å²) in [6, 6.07) is 12.4. The molecule has 0 aliphatic heterocycles. The molecule has 0 aliphatic carbocycles. The zero-order valence-electron chi connectivity index (χ0n) is 15.3. The topological polar surface area (TPSA) is 131 Å². The van der Waals surface area contributed by atoms with E-state index in [1.54, 1.807) is 24.5 Å². The maximum absolute atomic E-state index is 12.1. The number of nitrogens with one attached hydrogen (secondary N) is 1. The molecule has 1 N–H and O–H groups in total. The van der Waals surface area contributed by atoms with Crippen molar-refractivity contribution in [2.45, 2.75) is 5.16 Å². The van der Waals surface area contributed by atoms with Crippen LogP contribution in [0.1, 0.15) is 5.56 Å². The Morgan fingerprint density at radius 1 is 1.21 bits per heavy atom. The van der Waals surface area contributed by atoms with E-state index in [9.17, 15) is 20.2 Å². The lowest BCUT2D eigenvalue weighted by Gasteiger charge is -2.12. The van der Waals surface area contributed by atoms with E-state index in [2.05, 4.69) is 9.97 Å². The van der Waals surface area contributed by atoms with Gasteiger partial charge in [-0.05, 0) is 36.6 Å². The van der Waals surface area contributed by atoms with Crippen LogP contribution in [0.4, 0.5) is 5.69 Å². The number of rotatable bonds is 6. The molecule has 0 saturated heterocycles. The maximum Gasteiger partial charge on any atom is 0.270 e. The Labute approximate surface area is 169 Å². The molecule has 0 aliphatic rings. The highest BCUT2D eigenvalue weighted by molar-refractivity contribution is 7.98. The van der Waals surface area contributed by atoms with Crippen LogP contribution in [-0.2, 0) is 0 Å². The maximum atomic E-state index is 12.1. The first-order valence-electron chi connectivity index (χ1n) is 8.16. The van der Waals surface area contributed by atoms with E-state index in [1.165, 1.54) is 43.1 Å². The standard InChI is InChI=1S/C19H14N4O5S/c1-27-16-9-11(17-14(10-20)18(24)22-19(21-17)29-2)3-8-15(16)28-13-6-4-12(5-7-13)23(25)26/h3-9H,1-2H3,(H,21,22,24). The third-order valence-electron chi connectivity index (χ3n) is 3.92. The van der Waals surface area contributed by atoms with E-state index in [0.29, 0.717) is 28.0 Å². The van der Waals surface area contributed by atoms with Gasteiger partial charge in [-0.15, -0.1) is 0 Å². The Morgan fingerprint density at radius 3 is 2.52 bits per heavy atom. The fraction of sp³-hybridized carbons (Fsp3) is 0.105. The summed E-state index contributed by atoms with van der Waals surface area (Å²) in [4.78, 5) is 29.3. The fourth-order valence-corrected chi connectivity index (χ4v) is 2.90. The average molecular weight is 410 g/mol. The lowest BCUT2D eigenvalue weighted by Crippen LogP contribution is -2.14. The number of benzene rings is 2. The molecule has 0 bridgehead atoms. The summed E-state index contributed by atoms with van der Waals surface area (Å²) in [6.07, 6.45) is 1.76. The lowest BCUT2D eigenvalue weighted by molar-refractivity contribution is -0.384. The van der Waals surface area contributed by atoms with E-state index >= 15 is 0 Å². The van der Waals surface area contributed by atoms with Crippen LogP contribution < -0.4 is 15.0 Å². The first-order valence-corrected chi connectivity index (χ1v) is 9.38. The number of nitro benzene ring substituents is 1. The van der Waals surface area contributed by atoms with E-state index < -0.39 is 10.5 Å². The largest absolute Gasteiger partial charge is 0.493 e. The summed E-state index contributed by atoms with van der Waals surface area (Å²) < 4.78 is 11.1. The molecule has 1 heterocycles. The van der Waals surface area contributed by atoms with Crippen LogP contribution in [0.3, 0.4) is 0 Å². The normalized spacial score (nSPS) is 10.2. The predicted molar refractivity (Wildman–Crippen MR) is 107 cm³/mol. The zero-order valence-corrected chi connectivity index (χ0v) is 16.1. The van der Waals surface area contributed by atoms with Gasteiger partial charge in [0.1, 0.15) is 17.4 Å². The predicted octanol–water partition coefficient (Wildman–Crippen LogP) is 3.74. The number of methoxy groups -OCH3 is 1. The number of aromatic nitrogens is 2. The van der Waals surface area contributed by atoms with Gasteiger partial charge in [0.05, 0.1) is 17.7 Å².